The largest absolute Gasteiger partial charge is 0.356 e. The molecule has 0 aliphatic carbocycles. The summed E-state index contributed by atoms with van der Waals surface area (Å²) in [5.41, 5.74) is 5.46. The van der Waals surface area contributed by atoms with Gasteiger partial charge in [-0.15, -0.1) is 0 Å². The summed E-state index contributed by atoms with van der Waals surface area (Å²) in [4.78, 5) is 14.3. The first-order valence-corrected chi connectivity index (χ1v) is 7.33. The standard InChI is InChI=1S/C14H29N3O/c1-12(11-17-8-4-3-5-9-17)10-16-14(18)13(2)6-7-15/h12-13H,3-11,15H2,1-2H3,(H,16,18). The van der Waals surface area contributed by atoms with Crippen LogP contribution in [0.25, 0.3) is 0 Å². The molecular formula is C14H29N3O. The first kappa shape index (κ1) is 15.4. The molecule has 1 rings (SSSR count). The summed E-state index contributed by atoms with van der Waals surface area (Å²) < 4.78 is 0. The van der Waals surface area contributed by atoms with Gasteiger partial charge in [0.1, 0.15) is 0 Å². The van der Waals surface area contributed by atoms with Crippen LogP contribution in [0.4, 0.5) is 0 Å². The molecule has 2 unspecified atom stereocenters. The highest BCUT2D eigenvalue weighted by Gasteiger charge is 2.15. The van der Waals surface area contributed by atoms with Crippen molar-refractivity contribution in [3.63, 3.8) is 0 Å². The Labute approximate surface area is 111 Å². The number of piperidine rings is 1. The number of nitrogens with one attached hydrogen (secondary N) is 1. The van der Waals surface area contributed by atoms with Gasteiger partial charge < -0.3 is 16.0 Å². The van der Waals surface area contributed by atoms with Gasteiger partial charge in [0.05, 0.1) is 0 Å². The predicted molar refractivity (Wildman–Crippen MR) is 75.3 cm³/mol. The average molecular weight is 255 g/mol. The van der Waals surface area contributed by atoms with Gasteiger partial charge in [0, 0.05) is 19.0 Å². The summed E-state index contributed by atoms with van der Waals surface area (Å²) in [6.07, 6.45) is 4.80. The fraction of sp³-hybridized carbons (Fsp3) is 0.929. The summed E-state index contributed by atoms with van der Waals surface area (Å²) >= 11 is 0. The third kappa shape index (κ3) is 5.83. The highest BCUT2D eigenvalue weighted by atomic mass is 16.1. The molecule has 1 saturated heterocycles. The molecule has 18 heavy (non-hydrogen) atoms. The van der Waals surface area contributed by atoms with Crippen LogP contribution >= 0.6 is 0 Å². The molecule has 1 heterocycles. The third-order valence-electron chi connectivity index (χ3n) is 3.69. The lowest BCUT2D eigenvalue weighted by Gasteiger charge is -2.29. The van der Waals surface area contributed by atoms with Crippen LogP contribution in [0, 0.1) is 11.8 Å². The van der Waals surface area contributed by atoms with Crippen LogP contribution in [0.1, 0.15) is 39.5 Å². The number of carbonyl (C=O) groups is 1. The SMILES string of the molecule is CC(CNC(=O)C(C)CCN)CN1CCCCC1. The van der Waals surface area contributed by atoms with E-state index in [1.54, 1.807) is 0 Å². The van der Waals surface area contributed by atoms with Gasteiger partial charge in [-0.3, -0.25) is 4.79 Å². The second kappa shape index (κ2) is 8.48. The first-order valence-electron chi connectivity index (χ1n) is 7.33. The quantitative estimate of drug-likeness (QED) is 0.719. The lowest BCUT2D eigenvalue weighted by atomic mass is 10.1. The zero-order valence-electron chi connectivity index (χ0n) is 12.0. The molecule has 1 fully saturated rings. The molecule has 106 valence electrons. The molecule has 0 radical (unpaired) electrons. The van der Waals surface area contributed by atoms with Crippen LogP contribution in [0.2, 0.25) is 0 Å². The van der Waals surface area contributed by atoms with Crippen molar-refractivity contribution in [2.24, 2.45) is 17.6 Å². The Morgan fingerprint density at radius 2 is 1.94 bits per heavy atom. The van der Waals surface area contributed by atoms with E-state index in [1.165, 1.54) is 32.4 Å². The molecular weight excluding hydrogens is 226 g/mol. The molecule has 0 bridgehead atoms. The minimum Gasteiger partial charge on any atom is -0.356 e. The van der Waals surface area contributed by atoms with Crippen molar-refractivity contribution in [2.75, 3.05) is 32.7 Å². The number of carbonyl (C=O) groups excluding carboxylic acids is 1. The van der Waals surface area contributed by atoms with Crippen molar-refractivity contribution in [1.82, 2.24) is 10.2 Å². The number of amides is 1. The topological polar surface area (TPSA) is 58.4 Å². The minimum absolute atomic E-state index is 0.0391. The zero-order chi connectivity index (χ0) is 13.4. The molecule has 0 aromatic rings. The Bertz CT molecular complexity index is 239. The fourth-order valence-electron chi connectivity index (χ4n) is 2.48. The van der Waals surface area contributed by atoms with Gasteiger partial charge in [0.15, 0.2) is 0 Å². The van der Waals surface area contributed by atoms with Crippen molar-refractivity contribution in [1.29, 1.82) is 0 Å². The van der Waals surface area contributed by atoms with Crippen molar-refractivity contribution >= 4 is 5.91 Å². The lowest BCUT2D eigenvalue weighted by Crippen LogP contribution is -2.39. The molecule has 0 aromatic heterocycles. The van der Waals surface area contributed by atoms with Crippen molar-refractivity contribution in [2.45, 2.75) is 39.5 Å². The summed E-state index contributed by atoms with van der Waals surface area (Å²) in [6, 6.07) is 0. The third-order valence-corrected chi connectivity index (χ3v) is 3.69. The minimum atomic E-state index is 0.0391. The molecule has 1 amide bonds. The zero-order valence-corrected chi connectivity index (χ0v) is 12.0. The Morgan fingerprint density at radius 1 is 1.28 bits per heavy atom. The van der Waals surface area contributed by atoms with E-state index in [2.05, 4.69) is 17.1 Å². The Balaban J connectivity index is 2.15. The van der Waals surface area contributed by atoms with Gasteiger partial charge in [0.25, 0.3) is 0 Å². The lowest BCUT2D eigenvalue weighted by molar-refractivity contribution is -0.124. The molecule has 4 heteroatoms. The number of hydrogen-bond donors (Lipinski definition) is 2. The van der Waals surface area contributed by atoms with Crippen LogP contribution in [0.3, 0.4) is 0 Å². The van der Waals surface area contributed by atoms with E-state index < -0.39 is 0 Å². The van der Waals surface area contributed by atoms with E-state index in [9.17, 15) is 4.79 Å². The molecule has 0 aromatic carbocycles. The number of nitrogens with two attached hydrogens (primary N) is 1. The average Bonchev–Trinajstić information content (AvgIpc) is 2.37. The van der Waals surface area contributed by atoms with E-state index >= 15 is 0 Å². The van der Waals surface area contributed by atoms with Gasteiger partial charge in [-0.05, 0) is 44.8 Å². The summed E-state index contributed by atoms with van der Waals surface area (Å²) in [5, 5.41) is 3.04. The van der Waals surface area contributed by atoms with Crippen LogP contribution in [-0.2, 0) is 4.79 Å². The van der Waals surface area contributed by atoms with E-state index in [-0.39, 0.29) is 11.8 Å². The maximum Gasteiger partial charge on any atom is 0.222 e. The Morgan fingerprint density at radius 3 is 2.56 bits per heavy atom. The second-order valence-electron chi connectivity index (χ2n) is 5.69. The van der Waals surface area contributed by atoms with Gasteiger partial charge in [0.2, 0.25) is 5.91 Å². The predicted octanol–water partition coefficient (Wildman–Crippen LogP) is 1.21. The highest BCUT2D eigenvalue weighted by Crippen LogP contribution is 2.10. The van der Waals surface area contributed by atoms with Crippen LogP contribution in [0.5, 0.6) is 0 Å². The molecule has 0 spiro atoms. The van der Waals surface area contributed by atoms with E-state index in [0.717, 1.165) is 19.5 Å². The van der Waals surface area contributed by atoms with Gasteiger partial charge in [-0.25, -0.2) is 0 Å². The maximum atomic E-state index is 11.7. The number of nitrogens with zero attached hydrogens (tertiary/aromatic N) is 1. The number of rotatable bonds is 7. The van der Waals surface area contributed by atoms with Crippen molar-refractivity contribution in [3.8, 4) is 0 Å². The summed E-state index contributed by atoms with van der Waals surface area (Å²) in [5.74, 6) is 0.709. The normalized spacial score (nSPS) is 20.4. The molecule has 1 aliphatic rings. The smallest absolute Gasteiger partial charge is 0.222 e. The maximum absolute atomic E-state index is 11.7. The number of hydrogen-bond acceptors (Lipinski definition) is 3. The molecule has 3 N–H and O–H groups in total. The van der Waals surface area contributed by atoms with Crippen LogP contribution in [0.15, 0.2) is 0 Å². The fourth-order valence-corrected chi connectivity index (χ4v) is 2.48. The molecule has 1 aliphatic heterocycles. The van der Waals surface area contributed by atoms with Crippen molar-refractivity contribution < 1.29 is 4.79 Å². The van der Waals surface area contributed by atoms with E-state index in [1.807, 2.05) is 6.92 Å². The van der Waals surface area contributed by atoms with Crippen LogP contribution in [-0.4, -0.2) is 43.5 Å². The monoisotopic (exact) mass is 255 g/mol. The Hall–Kier alpha value is -0.610. The Kier molecular flexibility index (Phi) is 7.28. The van der Waals surface area contributed by atoms with E-state index in [4.69, 9.17) is 5.73 Å². The molecule has 2 atom stereocenters. The highest BCUT2D eigenvalue weighted by molar-refractivity contribution is 5.78. The number of likely N-dealkylation sites (tertiary alicyclic amines) is 1. The first-order chi connectivity index (χ1) is 8.63. The van der Waals surface area contributed by atoms with Crippen molar-refractivity contribution in [3.05, 3.63) is 0 Å². The summed E-state index contributed by atoms with van der Waals surface area (Å²) in [6.45, 7) is 9.07. The van der Waals surface area contributed by atoms with Gasteiger partial charge in [-0.1, -0.05) is 20.3 Å². The van der Waals surface area contributed by atoms with Crippen LogP contribution < -0.4 is 11.1 Å². The van der Waals surface area contributed by atoms with Gasteiger partial charge in [-0.2, -0.15) is 0 Å². The molecule has 4 nitrogen and oxygen atoms in total. The van der Waals surface area contributed by atoms with Gasteiger partial charge >= 0.3 is 0 Å². The second-order valence-corrected chi connectivity index (χ2v) is 5.69. The molecule has 0 saturated carbocycles. The van der Waals surface area contributed by atoms with E-state index in [0.29, 0.717) is 12.5 Å². The summed E-state index contributed by atoms with van der Waals surface area (Å²) in [7, 11) is 0.